The lowest BCUT2D eigenvalue weighted by molar-refractivity contribution is -0.670. The number of rotatable bonds is 5. The van der Waals surface area contributed by atoms with Crippen molar-refractivity contribution in [3.63, 3.8) is 0 Å². The first-order valence-electron chi connectivity index (χ1n) is 8.13. The quantitative estimate of drug-likeness (QED) is 0.579. The van der Waals surface area contributed by atoms with Crippen LogP contribution in [0.5, 0.6) is 0 Å². The molecule has 3 nitrogen and oxygen atoms in total. The van der Waals surface area contributed by atoms with Crippen LogP contribution in [0.3, 0.4) is 0 Å². The predicted molar refractivity (Wildman–Crippen MR) is 92.6 cm³/mol. The third kappa shape index (κ3) is 3.54. The second-order valence-electron chi connectivity index (χ2n) is 6.13. The minimum absolute atomic E-state index is 0.212. The maximum absolute atomic E-state index is 12.9. The molecule has 3 aromatic rings. The van der Waals surface area contributed by atoms with Crippen LogP contribution in [0, 0.1) is 19.7 Å². The molecule has 0 bridgehead atoms. The fourth-order valence-electron chi connectivity index (χ4n) is 2.87. The van der Waals surface area contributed by atoms with Crippen molar-refractivity contribution in [3.8, 4) is 0 Å². The molecule has 2 N–H and O–H groups in total. The zero-order valence-corrected chi connectivity index (χ0v) is 13.9. The Morgan fingerprint density at radius 1 is 1.08 bits per heavy atom. The highest BCUT2D eigenvalue weighted by Gasteiger charge is 2.10. The van der Waals surface area contributed by atoms with E-state index in [4.69, 9.17) is 4.42 Å². The van der Waals surface area contributed by atoms with E-state index >= 15 is 0 Å². The summed E-state index contributed by atoms with van der Waals surface area (Å²) in [6.07, 6.45) is 0.859. The molecule has 0 aliphatic heterocycles. The van der Waals surface area contributed by atoms with E-state index in [0.29, 0.717) is 12.1 Å². The Morgan fingerprint density at radius 2 is 1.83 bits per heavy atom. The fourth-order valence-corrected chi connectivity index (χ4v) is 2.87. The topological polar surface area (TPSA) is 46.8 Å². The molecule has 0 aliphatic rings. The van der Waals surface area contributed by atoms with Crippen molar-refractivity contribution in [1.82, 2.24) is 0 Å². The molecule has 0 fully saturated rings. The monoisotopic (exact) mass is 326 g/mol. The molecule has 0 amide bonds. The van der Waals surface area contributed by atoms with Gasteiger partial charge in [0.1, 0.15) is 17.9 Å². The van der Waals surface area contributed by atoms with Gasteiger partial charge in [-0.2, -0.15) is 0 Å². The van der Waals surface area contributed by atoms with E-state index in [0.717, 1.165) is 40.6 Å². The average Bonchev–Trinajstić information content (AvgIpc) is 2.57. The van der Waals surface area contributed by atoms with Crippen LogP contribution >= 0.6 is 0 Å². The number of benzene rings is 2. The summed E-state index contributed by atoms with van der Waals surface area (Å²) in [6, 6.07) is 12.2. The molecule has 24 heavy (non-hydrogen) atoms. The molecule has 0 atom stereocenters. The number of fused-ring (bicyclic) bond motifs is 1. The van der Waals surface area contributed by atoms with Gasteiger partial charge in [-0.05, 0) is 42.7 Å². The Hall–Kier alpha value is -2.46. The van der Waals surface area contributed by atoms with Crippen LogP contribution in [0.25, 0.3) is 11.0 Å². The van der Waals surface area contributed by atoms with Crippen LogP contribution in [0.2, 0.25) is 0 Å². The van der Waals surface area contributed by atoms with Crippen molar-refractivity contribution in [3.05, 3.63) is 81.0 Å². The molecule has 1 aromatic heterocycles. The lowest BCUT2D eigenvalue weighted by Gasteiger charge is -2.08. The lowest BCUT2D eigenvalue weighted by atomic mass is 10.0. The Balaban J connectivity index is 1.72. The van der Waals surface area contributed by atoms with E-state index in [1.807, 2.05) is 32.0 Å². The average molecular weight is 326 g/mol. The van der Waals surface area contributed by atoms with E-state index in [2.05, 4.69) is 11.4 Å². The second kappa shape index (κ2) is 6.97. The van der Waals surface area contributed by atoms with Crippen molar-refractivity contribution in [2.45, 2.75) is 26.8 Å². The Kier molecular flexibility index (Phi) is 4.76. The first-order chi connectivity index (χ1) is 11.5. The smallest absolute Gasteiger partial charge is 0.336 e. The zero-order chi connectivity index (χ0) is 17.1. The molecular formula is C20H21FNO2+. The number of hydrogen-bond donors (Lipinski definition) is 1. The normalized spacial score (nSPS) is 11.1. The maximum atomic E-state index is 12.9. The van der Waals surface area contributed by atoms with Gasteiger partial charge in [-0.3, -0.25) is 0 Å². The third-order valence-corrected chi connectivity index (χ3v) is 4.43. The molecule has 3 rings (SSSR count). The van der Waals surface area contributed by atoms with Gasteiger partial charge in [-0.15, -0.1) is 0 Å². The standard InChI is InChI=1S/C20H20FNO2/c1-13-3-8-18-16(11-19(23)24-20(18)14(13)2)12-22-10-9-15-4-6-17(21)7-5-15/h3-8,11,22H,9-10,12H2,1-2H3/p+1. The molecule has 0 radical (unpaired) electrons. The summed E-state index contributed by atoms with van der Waals surface area (Å²) in [4.78, 5) is 11.8. The molecule has 2 aromatic carbocycles. The number of quaternary nitrogens is 1. The van der Waals surface area contributed by atoms with E-state index in [-0.39, 0.29) is 11.4 Å². The molecule has 0 aliphatic carbocycles. The minimum Gasteiger partial charge on any atom is -0.422 e. The second-order valence-corrected chi connectivity index (χ2v) is 6.13. The Morgan fingerprint density at radius 3 is 2.58 bits per heavy atom. The number of hydrogen-bond acceptors (Lipinski definition) is 2. The highest BCUT2D eigenvalue weighted by atomic mass is 19.1. The van der Waals surface area contributed by atoms with Gasteiger partial charge in [0.15, 0.2) is 0 Å². The fraction of sp³-hybridized carbons (Fsp3) is 0.250. The van der Waals surface area contributed by atoms with Gasteiger partial charge >= 0.3 is 5.63 Å². The van der Waals surface area contributed by atoms with Gasteiger partial charge in [0, 0.05) is 23.4 Å². The number of halogens is 1. The van der Waals surface area contributed by atoms with Crippen LogP contribution in [0.15, 0.2) is 51.7 Å². The molecule has 0 unspecified atom stereocenters. The molecular weight excluding hydrogens is 305 g/mol. The SMILES string of the molecule is Cc1ccc2c(C[NH2+]CCc3ccc(F)cc3)cc(=O)oc2c1C. The summed E-state index contributed by atoms with van der Waals surface area (Å²) in [5.41, 5.74) is 4.60. The van der Waals surface area contributed by atoms with Gasteiger partial charge in [0.2, 0.25) is 0 Å². The molecule has 124 valence electrons. The maximum Gasteiger partial charge on any atom is 0.336 e. The molecule has 4 heteroatoms. The van der Waals surface area contributed by atoms with E-state index in [9.17, 15) is 9.18 Å². The summed E-state index contributed by atoms with van der Waals surface area (Å²) < 4.78 is 18.3. The molecule has 0 saturated carbocycles. The third-order valence-electron chi connectivity index (χ3n) is 4.43. The van der Waals surface area contributed by atoms with Crippen LogP contribution in [0.1, 0.15) is 22.3 Å². The van der Waals surface area contributed by atoms with Crippen LogP contribution < -0.4 is 10.9 Å². The predicted octanol–water partition coefficient (Wildman–Crippen LogP) is 2.86. The lowest BCUT2D eigenvalue weighted by Crippen LogP contribution is -2.83. The van der Waals surface area contributed by atoms with Crippen molar-refractivity contribution in [1.29, 1.82) is 0 Å². The van der Waals surface area contributed by atoms with Gasteiger partial charge in [-0.1, -0.05) is 24.3 Å². The van der Waals surface area contributed by atoms with E-state index < -0.39 is 0 Å². The molecule has 0 spiro atoms. The van der Waals surface area contributed by atoms with Gasteiger partial charge in [-0.25, -0.2) is 9.18 Å². The minimum atomic E-state index is -0.307. The van der Waals surface area contributed by atoms with E-state index in [1.165, 1.54) is 12.1 Å². The summed E-state index contributed by atoms with van der Waals surface area (Å²) in [5, 5.41) is 3.16. The molecule has 0 saturated heterocycles. The van der Waals surface area contributed by atoms with Crippen LogP contribution in [-0.4, -0.2) is 6.54 Å². The summed E-state index contributed by atoms with van der Waals surface area (Å²) in [7, 11) is 0. The zero-order valence-electron chi connectivity index (χ0n) is 13.9. The summed E-state index contributed by atoms with van der Waals surface area (Å²) in [6.45, 7) is 5.57. The van der Waals surface area contributed by atoms with Crippen LogP contribution in [-0.2, 0) is 13.0 Å². The first-order valence-corrected chi connectivity index (χ1v) is 8.13. The molecule has 1 heterocycles. The van der Waals surface area contributed by atoms with Gasteiger partial charge < -0.3 is 9.73 Å². The van der Waals surface area contributed by atoms with Crippen molar-refractivity contribution >= 4 is 11.0 Å². The highest BCUT2D eigenvalue weighted by Crippen LogP contribution is 2.22. The van der Waals surface area contributed by atoms with Crippen molar-refractivity contribution in [2.75, 3.05) is 6.54 Å². The van der Waals surface area contributed by atoms with Gasteiger partial charge in [0.25, 0.3) is 0 Å². The number of aryl methyl sites for hydroxylation is 2. The van der Waals surface area contributed by atoms with Crippen molar-refractivity contribution < 1.29 is 14.1 Å². The number of nitrogens with two attached hydrogens (primary N) is 1. The Bertz CT molecular complexity index is 913. The highest BCUT2D eigenvalue weighted by molar-refractivity contribution is 5.83. The van der Waals surface area contributed by atoms with Crippen molar-refractivity contribution in [2.24, 2.45) is 0 Å². The summed E-state index contributed by atoms with van der Waals surface area (Å²) >= 11 is 0. The summed E-state index contributed by atoms with van der Waals surface area (Å²) in [5.74, 6) is -0.212. The largest absolute Gasteiger partial charge is 0.422 e. The van der Waals surface area contributed by atoms with Gasteiger partial charge in [0.05, 0.1) is 6.54 Å². The Labute approximate surface area is 140 Å². The van der Waals surface area contributed by atoms with E-state index in [1.54, 1.807) is 6.07 Å². The van der Waals surface area contributed by atoms with Crippen LogP contribution in [0.4, 0.5) is 4.39 Å². The first kappa shape index (κ1) is 16.4.